The molecule has 23 heavy (non-hydrogen) atoms. The van der Waals surface area contributed by atoms with Crippen LogP contribution in [-0.2, 0) is 13.6 Å². The molecular weight excluding hydrogens is 286 g/mol. The van der Waals surface area contributed by atoms with E-state index in [1.807, 2.05) is 42.3 Å². The van der Waals surface area contributed by atoms with Crippen LogP contribution in [-0.4, -0.2) is 19.7 Å². The standard InChI is InChI=1S/C18H15N5/c1-23-17-11(10-21-23)9-20-18-14(17)8-16(22-18)13-4-2-6-15-12(13)5-3-7-19-15/h2-8,10,20,22H,9H2,1H3. The van der Waals surface area contributed by atoms with Gasteiger partial charge in [0.25, 0.3) is 0 Å². The lowest BCUT2D eigenvalue weighted by Gasteiger charge is -2.14. The highest BCUT2D eigenvalue weighted by Gasteiger charge is 2.22. The molecule has 1 aliphatic heterocycles. The first-order chi connectivity index (χ1) is 11.3. The molecule has 5 heteroatoms. The van der Waals surface area contributed by atoms with Crippen molar-refractivity contribution in [3.63, 3.8) is 0 Å². The minimum atomic E-state index is 0.799. The SMILES string of the molecule is Cn1ncc2c1-c1cc(-c3cccc4ncccc34)[nH]c1NC2. The van der Waals surface area contributed by atoms with Crippen LogP contribution in [0.4, 0.5) is 5.82 Å². The number of pyridine rings is 1. The lowest BCUT2D eigenvalue weighted by atomic mass is 10.0. The maximum Gasteiger partial charge on any atom is 0.113 e. The smallest absolute Gasteiger partial charge is 0.113 e. The van der Waals surface area contributed by atoms with E-state index < -0.39 is 0 Å². The molecule has 0 unspecified atom stereocenters. The number of nitrogens with one attached hydrogen (secondary N) is 2. The average molecular weight is 301 g/mol. The van der Waals surface area contributed by atoms with Crippen molar-refractivity contribution in [1.82, 2.24) is 19.7 Å². The molecule has 0 aliphatic carbocycles. The summed E-state index contributed by atoms with van der Waals surface area (Å²) in [7, 11) is 1.99. The van der Waals surface area contributed by atoms with E-state index in [0.29, 0.717) is 0 Å². The Bertz CT molecular complexity index is 1040. The van der Waals surface area contributed by atoms with Crippen LogP contribution in [0.2, 0.25) is 0 Å². The fraction of sp³-hybridized carbons (Fsp3) is 0.111. The van der Waals surface area contributed by atoms with Crippen molar-refractivity contribution >= 4 is 16.7 Å². The number of hydrogen-bond acceptors (Lipinski definition) is 3. The van der Waals surface area contributed by atoms with Crippen molar-refractivity contribution in [2.24, 2.45) is 7.05 Å². The molecule has 4 heterocycles. The monoisotopic (exact) mass is 301 g/mol. The minimum absolute atomic E-state index is 0.799. The number of benzene rings is 1. The number of aromatic amines is 1. The summed E-state index contributed by atoms with van der Waals surface area (Å²) in [6, 6.07) is 12.5. The zero-order valence-corrected chi connectivity index (χ0v) is 12.7. The normalized spacial score (nSPS) is 12.7. The highest BCUT2D eigenvalue weighted by atomic mass is 15.3. The van der Waals surface area contributed by atoms with E-state index in [0.717, 1.165) is 34.5 Å². The summed E-state index contributed by atoms with van der Waals surface area (Å²) in [5, 5.41) is 8.98. The molecule has 0 saturated heterocycles. The second kappa shape index (κ2) is 4.46. The van der Waals surface area contributed by atoms with Gasteiger partial charge >= 0.3 is 0 Å². The number of H-pyrrole nitrogens is 1. The average Bonchev–Trinajstić information content (AvgIpc) is 3.17. The number of aryl methyl sites for hydroxylation is 1. The third-order valence-electron chi connectivity index (χ3n) is 4.48. The number of aromatic nitrogens is 4. The molecule has 1 aliphatic rings. The highest BCUT2D eigenvalue weighted by molar-refractivity contribution is 5.96. The number of hydrogen-bond donors (Lipinski definition) is 2. The van der Waals surface area contributed by atoms with Crippen LogP contribution < -0.4 is 5.32 Å². The predicted octanol–water partition coefficient (Wildman–Crippen LogP) is 3.56. The largest absolute Gasteiger partial charge is 0.367 e. The van der Waals surface area contributed by atoms with Crippen LogP contribution in [0.1, 0.15) is 5.56 Å². The summed E-state index contributed by atoms with van der Waals surface area (Å²) in [4.78, 5) is 7.97. The summed E-state index contributed by atoms with van der Waals surface area (Å²) in [6.07, 6.45) is 3.76. The summed E-state index contributed by atoms with van der Waals surface area (Å²) < 4.78 is 1.94. The second-order valence-corrected chi connectivity index (χ2v) is 5.84. The first-order valence-electron chi connectivity index (χ1n) is 7.63. The molecule has 3 aromatic heterocycles. The van der Waals surface area contributed by atoms with Gasteiger partial charge in [-0.25, -0.2) is 0 Å². The van der Waals surface area contributed by atoms with Crippen molar-refractivity contribution in [1.29, 1.82) is 0 Å². The van der Waals surface area contributed by atoms with E-state index in [1.165, 1.54) is 16.8 Å². The Kier molecular flexibility index (Phi) is 2.42. The van der Waals surface area contributed by atoms with Crippen LogP contribution in [0.3, 0.4) is 0 Å². The third kappa shape index (κ3) is 1.73. The van der Waals surface area contributed by atoms with E-state index in [-0.39, 0.29) is 0 Å². The van der Waals surface area contributed by atoms with Gasteiger partial charge in [-0.2, -0.15) is 5.10 Å². The Morgan fingerprint density at radius 3 is 3.04 bits per heavy atom. The zero-order valence-electron chi connectivity index (χ0n) is 12.7. The summed E-state index contributed by atoms with van der Waals surface area (Å²) in [6.45, 7) is 0.799. The van der Waals surface area contributed by atoms with Crippen molar-refractivity contribution in [2.75, 3.05) is 5.32 Å². The lowest BCUT2D eigenvalue weighted by Crippen LogP contribution is -2.08. The Morgan fingerprint density at radius 1 is 1.13 bits per heavy atom. The molecule has 0 saturated carbocycles. The van der Waals surface area contributed by atoms with Gasteiger partial charge in [0.1, 0.15) is 5.82 Å². The maximum atomic E-state index is 4.45. The van der Waals surface area contributed by atoms with E-state index in [1.54, 1.807) is 0 Å². The van der Waals surface area contributed by atoms with Crippen molar-refractivity contribution in [3.8, 4) is 22.5 Å². The van der Waals surface area contributed by atoms with Crippen molar-refractivity contribution in [3.05, 3.63) is 54.4 Å². The Morgan fingerprint density at radius 2 is 2.09 bits per heavy atom. The summed E-state index contributed by atoms with van der Waals surface area (Å²) in [5.74, 6) is 1.05. The van der Waals surface area contributed by atoms with Gasteiger partial charge < -0.3 is 10.3 Å². The topological polar surface area (TPSA) is 58.5 Å². The van der Waals surface area contributed by atoms with Gasteiger partial charge in [0.15, 0.2) is 0 Å². The summed E-state index contributed by atoms with van der Waals surface area (Å²) >= 11 is 0. The maximum absolute atomic E-state index is 4.45. The molecular formula is C18H15N5. The molecule has 0 amide bonds. The van der Waals surface area contributed by atoms with E-state index >= 15 is 0 Å². The number of nitrogens with zero attached hydrogens (tertiary/aromatic N) is 3. The molecule has 5 rings (SSSR count). The first-order valence-corrected chi connectivity index (χ1v) is 7.63. The highest BCUT2D eigenvalue weighted by Crippen LogP contribution is 2.39. The molecule has 0 spiro atoms. The van der Waals surface area contributed by atoms with Crippen LogP contribution >= 0.6 is 0 Å². The van der Waals surface area contributed by atoms with Crippen LogP contribution in [0.15, 0.2) is 48.8 Å². The molecule has 112 valence electrons. The Balaban J connectivity index is 1.75. The second-order valence-electron chi connectivity index (χ2n) is 5.84. The summed E-state index contributed by atoms with van der Waals surface area (Å²) in [5.41, 5.74) is 6.84. The molecule has 2 N–H and O–H groups in total. The Hall–Kier alpha value is -3.08. The number of anilines is 1. The Labute approximate surface area is 133 Å². The fourth-order valence-electron chi connectivity index (χ4n) is 3.41. The predicted molar refractivity (Wildman–Crippen MR) is 91.1 cm³/mol. The molecule has 0 radical (unpaired) electrons. The van der Waals surface area contributed by atoms with Crippen molar-refractivity contribution < 1.29 is 0 Å². The zero-order chi connectivity index (χ0) is 15.4. The van der Waals surface area contributed by atoms with E-state index in [4.69, 9.17) is 0 Å². The number of rotatable bonds is 1. The molecule has 5 nitrogen and oxygen atoms in total. The van der Waals surface area contributed by atoms with Gasteiger partial charge in [0.2, 0.25) is 0 Å². The van der Waals surface area contributed by atoms with Gasteiger partial charge in [-0.15, -0.1) is 0 Å². The molecule has 1 aromatic carbocycles. The first kappa shape index (κ1) is 12.5. The van der Waals surface area contributed by atoms with E-state index in [9.17, 15) is 0 Å². The van der Waals surface area contributed by atoms with Crippen molar-refractivity contribution in [2.45, 2.75) is 6.54 Å². The van der Waals surface area contributed by atoms with Crippen LogP contribution in [0.25, 0.3) is 33.4 Å². The quantitative estimate of drug-likeness (QED) is 0.565. The van der Waals surface area contributed by atoms with Crippen LogP contribution in [0.5, 0.6) is 0 Å². The molecule has 0 bridgehead atoms. The number of fused-ring (bicyclic) bond motifs is 4. The molecule has 0 fully saturated rings. The lowest BCUT2D eigenvalue weighted by molar-refractivity contribution is 0.775. The fourth-order valence-corrected chi connectivity index (χ4v) is 3.41. The van der Waals surface area contributed by atoms with Gasteiger partial charge in [-0.3, -0.25) is 9.67 Å². The molecule has 4 aromatic rings. The van der Waals surface area contributed by atoms with Crippen LogP contribution in [0, 0.1) is 0 Å². The third-order valence-corrected chi connectivity index (χ3v) is 4.48. The van der Waals surface area contributed by atoms with Gasteiger partial charge in [0.05, 0.1) is 17.4 Å². The van der Waals surface area contributed by atoms with Gasteiger partial charge in [-0.1, -0.05) is 18.2 Å². The van der Waals surface area contributed by atoms with Gasteiger partial charge in [-0.05, 0) is 18.2 Å². The minimum Gasteiger partial charge on any atom is -0.367 e. The molecule has 0 atom stereocenters. The van der Waals surface area contributed by atoms with Gasteiger partial charge in [0, 0.05) is 47.6 Å². The van der Waals surface area contributed by atoms with E-state index in [2.05, 4.69) is 38.6 Å².